The highest BCUT2D eigenvalue weighted by Crippen LogP contribution is 2.29. The molecule has 0 aliphatic heterocycles. The number of rotatable bonds is 7. The van der Waals surface area contributed by atoms with E-state index in [0.717, 1.165) is 20.9 Å². The Bertz CT molecular complexity index is 1060. The molecule has 142 valence electrons. The number of para-hydroxylation sites is 1. The van der Waals surface area contributed by atoms with Crippen LogP contribution in [0.4, 0.5) is 0 Å². The number of thiazole rings is 2. The molecule has 0 bridgehead atoms. The third kappa shape index (κ3) is 4.13. The van der Waals surface area contributed by atoms with Gasteiger partial charge in [-0.1, -0.05) is 12.1 Å². The van der Waals surface area contributed by atoms with Gasteiger partial charge in [0.2, 0.25) is 0 Å². The molecule has 0 aliphatic carbocycles. The summed E-state index contributed by atoms with van der Waals surface area (Å²) < 4.78 is 12.2. The number of carbonyl (C=O) groups excluding carboxylic acids is 1. The summed E-state index contributed by atoms with van der Waals surface area (Å²) in [5.74, 6) is 0.879. The molecular formula is C20H17N3O3S2. The number of carbonyl (C=O) groups is 1. The van der Waals surface area contributed by atoms with E-state index in [0.29, 0.717) is 30.2 Å². The zero-order valence-corrected chi connectivity index (χ0v) is 16.7. The second kappa shape index (κ2) is 8.37. The minimum Gasteiger partial charge on any atom is -0.493 e. The largest absolute Gasteiger partial charge is 0.493 e. The van der Waals surface area contributed by atoms with Crippen molar-refractivity contribution in [3.8, 4) is 11.5 Å². The molecule has 8 heteroatoms. The van der Waals surface area contributed by atoms with Crippen molar-refractivity contribution in [2.45, 2.75) is 13.2 Å². The Balaban J connectivity index is 1.41. The Morgan fingerprint density at radius 3 is 2.86 bits per heavy atom. The molecule has 4 aromatic rings. The van der Waals surface area contributed by atoms with E-state index in [4.69, 9.17) is 9.47 Å². The lowest BCUT2D eigenvalue weighted by atomic mass is 10.2. The fourth-order valence-electron chi connectivity index (χ4n) is 2.64. The number of benzene rings is 2. The third-order valence-corrected chi connectivity index (χ3v) is 5.69. The topological polar surface area (TPSA) is 73.3 Å². The third-order valence-electron chi connectivity index (χ3n) is 4.02. The average molecular weight is 412 g/mol. The van der Waals surface area contributed by atoms with Gasteiger partial charge in [-0.3, -0.25) is 4.79 Å². The Kier molecular flexibility index (Phi) is 5.50. The highest BCUT2D eigenvalue weighted by Gasteiger charge is 2.12. The number of amides is 1. The van der Waals surface area contributed by atoms with Gasteiger partial charge in [0.15, 0.2) is 11.5 Å². The van der Waals surface area contributed by atoms with Gasteiger partial charge in [0.05, 0.1) is 35.1 Å². The molecule has 0 aliphatic rings. The summed E-state index contributed by atoms with van der Waals surface area (Å²) in [5.41, 5.74) is 4.05. The van der Waals surface area contributed by atoms with E-state index in [9.17, 15) is 4.79 Å². The van der Waals surface area contributed by atoms with Crippen LogP contribution in [0.1, 0.15) is 21.1 Å². The van der Waals surface area contributed by atoms with Gasteiger partial charge in [-0.15, -0.1) is 22.7 Å². The summed E-state index contributed by atoms with van der Waals surface area (Å²) >= 11 is 3.09. The maximum atomic E-state index is 12.5. The first-order valence-electron chi connectivity index (χ1n) is 8.53. The van der Waals surface area contributed by atoms with Crippen LogP contribution in [0.15, 0.2) is 53.4 Å². The number of aromatic nitrogens is 2. The van der Waals surface area contributed by atoms with E-state index in [2.05, 4.69) is 15.3 Å². The molecule has 0 unspecified atom stereocenters. The molecule has 2 heterocycles. The number of nitrogens with zero attached hydrogens (tertiary/aromatic N) is 2. The molecule has 0 radical (unpaired) electrons. The van der Waals surface area contributed by atoms with Crippen molar-refractivity contribution in [1.82, 2.24) is 15.3 Å². The predicted octanol–water partition coefficient (Wildman–Crippen LogP) is 4.27. The smallest absolute Gasteiger partial charge is 0.251 e. The van der Waals surface area contributed by atoms with Crippen LogP contribution in [0.2, 0.25) is 0 Å². The van der Waals surface area contributed by atoms with Gasteiger partial charge in [-0.2, -0.15) is 0 Å². The molecule has 4 rings (SSSR count). The van der Waals surface area contributed by atoms with E-state index in [1.807, 2.05) is 29.6 Å². The summed E-state index contributed by atoms with van der Waals surface area (Å²) in [7, 11) is 1.55. The maximum absolute atomic E-state index is 12.5. The summed E-state index contributed by atoms with van der Waals surface area (Å²) in [4.78, 5) is 21.2. The molecule has 0 atom stereocenters. The van der Waals surface area contributed by atoms with Crippen molar-refractivity contribution in [2.24, 2.45) is 0 Å². The van der Waals surface area contributed by atoms with Gasteiger partial charge in [0.1, 0.15) is 11.6 Å². The lowest BCUT2D eigenvalue weighted by Gasteiger charge is -2.11. The lowest BCUT2D eigenvalue weighted by Crippen LogP contribution is -2.22. The molecule has 6 nitrogen and oxygen atoms in total. The highest BCUT2D eigenvalue weighted by molar-refractivity contribution is 7.18. The zero-order chi connectivity index (χ0) is 19.3. The van der Waals surface area contributed by atoms with Crippen molar-refractivity contribution in [2.75, 3.05) is 7.11 Å². The van der Waals surface area contributed by atoms with Crippen LogP contribution in [0.5, 0.6) is 11.5 Å². The predicted molar refractivity (Wildman–Crippen MR) is 110 cm³/mol. The minimum absolute atomic E-state index is 0.191. The summed E-state index contributed by atoms with van der Waals surface area (Å²) in [6, 6.07) is 13.0. The van der Waals surface area contributed by atoms with Gasteiger partial charge in [-0.25, -0.2) is 9.97 Å². The number of ether oxygens (including phenoxy) is 2. The first-order chi connectivity index (χ1) is 13.7. The normalized spacial score (nSPS) is 10.8. The quantitative estimate of drug-likeness (QED) is 0.492. The lowest BCUT2D eigenvalue weighted by molar-refractivity contribution is 0.0950. The Labute approximate surface area is 169 Å². The number of fused-ring (bicyclic) bond motifs is 1. The molecule has 28 heavy (non-hydrogen) atoms. The van der Waals surface area contributed by atoms with Crippen LogP contribution in [0, 0.1) is 0 Å². The van der Waals surface area contributed by atoms with Crippen LogP contribution in [-0.4, -0.2) is 23.0 Å². The molecule has 1 amide bonds. The van der Waals surface area contributed by atoms with E-state index in [-0.39, 0.29) is 5.91 Å². The van der Waals surface area contributed by atoms with Crippen molar-refractivity contribution < 1.29 is 14.3 Å². The molecule has 2 aromatic heterocycles. The zero-order valence-electron chi connectivity index (χ0n) is 15.0. The SMILES string of the molecule is COc1cc(C(=O)NCc2nc3ccccc3s2)ccc1OCc1cscn1. The van der Waals surface area contributed by atoms with Gasteiger partial charge in [0.25, 0.3) is 5.91 Å². The van der Waals surface area contributed by atoms with E-state index >= 15 is 0 Å². The first-order valence-corrected chi connectivity index (χ1v) is 10.3. The fourth-order valence-corrected chi connectivity index (χ4v) is 4.09. The summed E-state index contributed by atoms with van der Waals surface area (Å²) in [6.45, 7) is 0.728. The van der Waals surface area contributed by atoms with Crippen LogP contribution in [-0.2, 0) is 13.2 Å². The standard InChI is InChI=1S/C20H17N3O3S2/c1-25-17-8-13(6-7-16(17)26-10-14-11-27-12-22-14)20(24)21-9-19-23-15-4-2-3-5-18(15)28-19/h2-8,11-12H,9-10H2,1H3,(H,21,24). The van der Waals surface area contributed by atoms with Gasteiger partial charge in [-0.05, 0) is 30.3 Å². The van der Waals surface area contributed by atoms with Gasteiger partial charge < -0.3 is 14.8 Å². The molecule has 0 fully saturated rings. The number of nitrogens with one attached hydrogen (secondary N) is 1. The molecule has 2 aromatic carbocycles. The van der Waals surface area contributed by atoms with Crippen LogP contribution in [0.25, 0.3) is 10.2 Å². The van der Waals surface area contributed by atoms with Crippen molar-refractivity contribution in [3.05, 3.63) is 69.6 Å². The molecule has 0 saturated carbocycles. The van der Waals surface area contributed by atoms with Gasteiger partial charge in [0, 0.05) is 10.9 Å². The number of methoxy groups -OCH3 is 1. The number of hydrogen-bond donors (Lipinski definition) is 1. The van der Waals surface area contributed by atoms with Crippen LogP contribution in [0.3, 0.4) is 0 Å². The molecule has 0 saturated heterocycles. The summed E-state index contributed by atoms with van der Waals surface area (Å²) in [5, 5.41) is 5.70. The second-order valence-corrected chi connectivity index (χ2v) is 7.73. The van der Waals surface area contributed by atoms with Crippen molar-refractivity contribution in [1.29, 1.82) is 0 Å². The molecule has 0 spiro atoms. The minimum atomic E-state index is -0.191. The van der Waals surface area contributed by atoms with Crippen LogP contribution < -0.4 is 14.8 Å². The second-order valence-electron chi connectivity index (χ2n) is 5.89. The fraction of sp³-hybridized carbons (Fsp3) is 0.150. The monoisotopic (exact) mass is 411 g/mol. The Hall–Kier alpha value is -2.97. The Morgan fingerprint density at radius 2 is 2.07 bits per heavy atom. The maximum Gasteiger partial charge on any atom is 0.251 e. The van der Waals surface area contributed by atoms with E-state index in [1.54, 1.807) is 42.2 Å². The first kappa shape index (κ1) is 18.4. The Morgan fingerprint density at radius 1 is 1.18 bits per heavy atom. The van der Waals surface area contributed by atoms with E-state index in [1.165, 1.54) is 11.3 Å². The van der Waals surface area contributed by atoms with Crippen LogP contribution >= 0.6 is 22.7 Å². The average Bonchev–Trinajstić information content (AvgIpc) is 3.39. The number of hydrogen-bond acceptors (Lipinski definition) is 7. The molecular weight excluding hydrogens is 394 g/mol. The molecule has 1 N–H and O–H groups in total. The van der Waals surface area contributed by atoms with Gasteiger partial charge >= 0.3 is 0 Å². The summed E-state index contributed by atoms with van der Waals surface area (Å²) in [6.07, 6.45) is 0. The van der Waals surface area contributed by atoms with Crippen molar-refractivity contribution in [3.63, 3.8) is 0 Å². The highest BCUT2D eigenvalue weighted by atomic mass is 32.1. The van der Waals surface area contributed by atoms with Crippen molar-refractivity contribution >= 4 is 38.8 Å². The van der Waals surface area contributed by atoms with E-state index < -0.39 is 0 Å².